The lowest BCUT2D eigenvalue weighted by Gasteiger charge is -2.20. The molecule has 0 saturated heterocycles. The zero-order valence-corrected chi connectivity index (χ0v) is 17.8. The van der Waals surface area contributed by atoms with Crippen LogP contribution >= 0.6 is 0 Å². The van der Waals surface area contributed by atoms with Crippen LogP contribution in [-0.2, 0) is 11.2 Å². The van der Waals surface area contributed by atoms with E-state index in [0.29, 0.717) is 12.3 Å². The van der Waals surface area contributed by atoms with Gasteiger partial charge in [0, 0.05) is 0 Å². The van der Waals surface area contributed by atoms with E-state index in [1.165, 1.54) is 42.4 Å². The molecule has 0 unspecified atom stereocenters. The van der Waals surface area contributed by atoms with Gasteiger partial charge in [0.2, 0.25) is 5.91 Å². The number of hydrogen-bond acceptors (Lipinski definition) is 1. The van der Waals surface area contributed by atoms with Crippen LogP contribution in [0.2, 0.25) is 0 Å². The third-order valence-corrected chi connectivity index (χ3v) is 6.23. The number of benzene rings is 3. The van der Waals surface area contributed by atoms with Crippen molar-refractivity contribution in [2.45, 2.75) is 45.1 Å². The van der Waals surface area contributed by atoms with Gasteiger partial charge in [-0.05, 0) is 40.5 Å². The lowest BCUT2D eigenvalue weighted by molar-refractivity contribution is -0.121. The summed E-state index contributed by atoms with van der Waals surface area (Å²) < 4.78 is 0. The van der Waals surface area contributed by atoms with E-state index in [9.17, 15) is 4.79 Å². The van der Waals surface area contributed by atoms with Crippen molar-refractivity contribution in [2.24, 2.45) is 11.8 Å². The summed E-state index contributed by atoms with van der Waals surface area (Å²) in [7, 11) is 0. The first-order valence-corrected chi connectivity index (χ1v) is 11.2. The third kappa shape index (κ3) is 5.18. The maximum absolute atomic E-state index is 12.8. The van der Waals surface area contributed by atoms with Crippen LogP contribution in [0.25, 0.3) is 11.1 Å². The molecule has 154 valence electrons. The van der Waals surface area contributed by atoms with Gasteiger partial charge in [-0.25, -0.2) is 0 Å². The highest BCUT2D eigenvalue weighted by Crippen LogP contribution is 2.50. The number of amides is 1. The number of rotatable bonds is 9. The predicted octanol–water partition coefficient (Wildman–Crippen LogP) is 6.58. The Morgan fingerprint density at radius 3 is 2.20 bits per heavy atom. The highest BCUT2D eigenvalue weighted by molar-refractivity contribution is 5.79. The molecule has 3 atom stereocenters. The van der Waals surface area contributed by atoms with Crippen molar-refractivity contribution in [1.82, 2.24) is 5.32 Å². The van der Waals surface area contributed by atoms with E-state index in [0.717, 1.165) is 11.5 Å². The fraction of sp³-hybridized carbons (Fsp3) is 0.321. The normalized spacial score (nSPS) is 18.6. The Morgan fingerprint density at radius 1 is 0.900 bits per heavy atom. The van der Waals surface area contributed by atoms with Gasteiger partial charge in [0.1, 0.15) is 0 Å². The summed E-state index contributed by atoms with van der Waals surface area (Å²) >= 11 is 0. The Balaban J connectivity index is 1.49. The first-order chi connectivity index (χ1) is 14.7. The molecule has 1 aliphatic carbocycles. The number of carbonyl (C=O) groups excluding carboxylic acids is 1. The molecule has 1 fully saturated rings. The van der Waals surface area contributed by atoms with Crippen molar-refractivity contribution < 1.29 is 4.79 Å². The summed E-state index contributed by atoms with van der Waals surface area (Å²) in [5, 5.41) is 3.37. The van der Waals surface area contributed by atoms with Gasteiger partial charge in [0.05, 0.1) is 12.5 Å². The van der Waals surface area contributed by atoms with Crippen molar-refractivity contribution in [3.05, 3.63) is 96.1 Å². The molecule has 0 heterocycles. The van der Waals surface area contributed by atoms with E-state index in [2.05, 4.69) is 60.8 Å². The minimum atomic E-state index is 0.105. The Labute approximate surface area is 180 Å². The first kappa shape index (κ1) is 20.4. The molecule has 3 aromatic rings. The Hall–Kier alpha value is -2.87. The van der Waals surface area contributed by atoms with Crippen LogP contribution in [0.4, 0.5) is 0 Å². The lowest BCUT2D eigenvalue weighted by atomic mass is 9.96. The van der Waals surface area contributed by atoms with Gasteiger partial charge in [-0.2, -0.15) is 0 Å². The summed E-state index contributed by atoms with van der Waals surface area (Å²) in [6, 6.07) is 29.3. The second kappa shape index (κ2) is 9.75. The van der Waals surface area contributed by atoms with Crippen LogP contribution in [-0.4, -0.2) is 5.91 Å². The van der Waals surface area contributed by atoms with Crippen molar-refractivity contribution in [2.75, 3.05) is 0 Å². The molecule has 0 aromatic heterocycles. The molecule has 1 amide bonds. The van der Waals surface area contributed by atoms with E-state index in [1.54, 1.807) is 0 Å². The topological polar surface area (TPSA) is 29.1 Å². The van der Waals surface area contributed by atoms with Crippen molar-refractivity contribution >= 4 is 5.91 Å². The third-order valence-electron chi connectivity index (χ3n) is 6.23. The standard InChI is InChI=1S/C28H31NO/c1-2-3-12-25-20-26(25)28(29-27(30)19-21-10-6-4-7-11-21)24-17-15-23(16-18-24)22-13-8-5-9-14-22/h4-11,13-18,25-26,28H,2-3,12,19-20H2,1H3,(H,29,30)/t25-,26-,28+/m1/s1. The maximum Gasteiger partial charge on any atom is 0.224 e. The first-order valence-electron chi connectivity index (χ1n) is 11.2. The minimum Gasteiger partial charge on any atom is -0.349 e. The molecule has 2 heteroatoms. The van der Waals surface area contributed by atoms with Gasteiger partial charge in [-0.3, -0.25) is 4.79 Å². The molecule has 1 aliphatic rings. The smallest absolute Gasteiger partial charge is 0.224 e. The molecule has 30 heavy (non-hydrogen) atoms. The predicted molar refractivity (Wildman–Crippen MR) is 124 cm³/mol. The second-order valence-corrected chi connectivity index (χ2v) is 8.50. The highest BCUT2D eigenvalue weighted by atomic mass is 16.1. The second-order valence-electron chi connectivity index (χ2n) is 8.50. The fourth-order valence-corrected chi connectivity index (χ4v) is 4.43. The summed E-state index contributed by atoms with van der Waals surface area (Å²) in [6.45, 7) is 2.25. The van der Waals surface area contributed by atoms with E-state index in [4.69, 9.17) is 0 Å². The summed E-state index contributed by atoms with van der Waals surface area (Å²) in [5.74, 6) is 1.40. The molecular formula is C28H31NO. The van der Waals surface area contributed by atoms with Gasteiger partial charge in [0.15, 0.2) is 0 Å². The fourth-order valence-electron chi connectivity index (χ4n) is 4.43. The molecule has 0 radical (unpaired) electrons. The molecule has 4 rings (SSSR count). The number of unbranched alkanes of at least 4 members (excludes halogenated alkanes) is 1. The molecule has 0 bridgehead atoms. The molecule has 2 nitrogen and oxygen atoms in total. The zero-order valence-electron chi connectivity index (χ0n) is 17.8. The van der Waals surface area contributed by atoms with Crippen molar-refractivity contribution in [3.8, 4) is 11.1 Å². The van der Waals surface area contributed by atoms with Crippen LogP contribution in [0.5, 0.6) is 0 Å². The molecule has 0 aliphatic heterocycles. The average Bonchev–Trinajstić information content (AvgIpc) is 3.57. The Bertz CT molecular complexity index is 933. The summed E-state index contributed by atoms with van der Waals surface area (Å²) in [4.78, 5) is 12.8. The van der Waals surface area contributed by atoms with Crippen LogP contribution in [0, 0.1) is 11.8 Å². The summed E-state index contributed by atoms with van der Waals surface area (Å²) in [6.07, 6.45) is 5.44. The highest BCUT2D eigenvalue weighted by Gasteiger charge is 2.43. The number of nitrogens with one attached hydrogen (secondary N) is 1. The average molecular weight is 398 g/mol. The zero-order chi connectivity index (χ0) is 20.8. The van der Waals surface area contributed by atoms with Crippen molar-refractivity contribution in [3.63, 3.8) is 0 Å². The largest absolute Gasteiger partial charge is 0.349 e. The van der Waals surface area contributed by atoms with Gasteiger partial charge >= 0.3 is 0 Å². The molecule has 0 spiro atoms. The Morgan fingerprint density at radius 2 is 1.53 bits per heavy atom. The van der Waals surface area contributed by atoms with E-state index in [1.807, 2.05) is 36.4 Å². The number of carbonyl (C=O) groups is 1. The van der Waals surface area contributed by atoms with E-state index >= 15 is 0 Å². The summed E-state index contributed by atoms with van der Waals surface area (Å²) in [5.41, 5.74) is 4.72. The van der Waals surface area contributed by atoms with E-state index in [-0.39, 0.29) is 11.9 Å². The molecule has 1 saturated carbocycles. The van der Waals surface area contributed by atoms with Crippen molar-refractivity contribution in [1.29, 1.82) is 0 Å². The van der Waals surface area contributed by atoms with Crippen LogP contribution in [0.1, 0.15) is 49.8 Å². The van der Waals surface area contributed by atoms with Crippen LogP contribution in [0.15, 0.2) is 84.9 Å². The lowest BCUT2D eigenvalue weighted by Crippen LogP contribution is -2.31. The van der Waals surface area contributed by atoms with Gasteiger partial charge in [-0.1, -0.05) is 111 Å². The monoisotopic (exact) mass is 397 g/mol. The quantitative estimate of drug-likeness (QED) is 0.434. The van der Waals surface area contributed by atoms with Crippen LogP contribution in [0.3, 0.4) is 0 Å². The van der Waals surface area contributed by atoms with Gasteiger partial charge in [-0.15, -0.1) is 0 Å². The van der Waals surface area contributed by atoms with Gasteiger partial charge in [0.25, 0.3) is 0 Å². The molecule has 1 N–H and O–H groups in total. The van der Waals surface area contributed by atoms with Crippen LogP contribution < -0.4 is 5.32 Å². The minimum absolute atomic E-state index is 0.105. The molecule has 3 aromatic carbocycles. The SMILES string of the molecule is CCCC[C@@H]1C[C@H]1[C@@H](NC(=O)Cc1ccccc1)c1ccc(-c2ccccc2)cc1. The maximum atomic E-state index is 12.8. The number of hydrogen-bond donors (Lipinski definition) is 1. The Kier molecular flexibility index (Phi) is 6.63. The van der Waals surface area contributed by atoms with E-state index < -0.39 is 0 Å². The van der Waals surface area contributed by atoms with Gasteiger partial charge < -0.3 is 5.32 Å². The molecular weight excluding hydrogens is 366 g/mol.